The highest BCUT2D eigenvalue weighted by molar-refractivity contribution is 6.30. The number of hydrogen-bond donors (Lipinski definition) is 2. The molecule has 5 rings (SSSR count). The van der Waals surface area contributed by atoms with E-state index in [1.54, 1.807) is 22.1 Å². The Hall–Kier alpha value is -3.20. The molecule has 2 atom stereocenters. The van der Waals surface area contributed by atoms with Crippen LogP contribution in [0.4, 0.5) is 15.9 Å². The highest BCUT2D eigenvalue weighted by Gasteiger charge is 2.41. The number of halogens is 2. The number of fused-ring (bicyclic) bond motifs is 1. The number of amides is 2. The molecule has 0 spiro atoms. The smallest absolute Gasteiger partial charge is 0.250 e. The van der Waals surface area contributed by atoms with Gasteiger partial charge in [-0.25, -0.2) is 14.4 Å². The van der Waals surface area contributed by atoms with E-state index in [4.69, 9.17) is 11.6 Å². The van der Waals surface area contributed by atoms with Gasteiger partial charge < -0.3 is 15.2 Å². The number of hydrogen-bond acceptors (Lipinski definition) is 5. The molecule has 2 saturated heterocycles. The number of aromatic amines is 1. The first kappa shape index (κ1) is 20.7. The van der Waals surface area contributed by atoms with E-state index in [2.05, 4.69) is 20.3 Å². The first-order chi connectivity index (χ1) is 15.5. The second-order valence-electron chi connectivity index (χ2n) is 8.11. The molecule has 2 aromatic heterocycles. The van der Waals surface area contributed by atoms with Gasteiger partial charge in [-0.2, -0.15) is 0 Å². The zero-order valence-electron chi connectivity index (χ0n) is 17.2. The third-order valence-corrected chi connectivity index (χ3v) is 6.27. The molecule has 32 heavy (non-hydrogen) atoms. The summed E-state index contributed by atoms with van der Waals surface area (Å²) in [6.45, 7) is 1.05. The van der Waals surface area contributed by atoms with E-state index in [1.807, 2.05) is 6.07 Å². The summed E-state index contributed by atoms with van der Waals surface area (Å²) in [6, 6.07) is 4.86. The first-order valence-corrected chi connectivity index (χ1v) is 11.0. The standard InChI is InChI=1S/C22H22ClFN6O2/c23-13-9-14(24)11-15(10-13)28-17-3-1-7-29(21(17)31)18-4-2-8-30(22(18)32)20-16-5-6-25-19(16)26-12-27-20/h5-6,9-12,17-18,28H,1-4,7-8H2,(H,25,26,27). The summed E-state index contributed by atoms with van der Waals surface area (Å²) in [7, 11) is 0. The monoisotopic (exact) mass is 456 g/mol. The summed E-state index contributed by atoms with van der Waals surface area (Å²) < 4.78 is 13.7. The van der Waals surface area contributed by atoms with Crippen LogP contribution in [-0.2, 0) is 9.59 Å². The number of piperidine rings is 2. The van der Waals surface area contributed by atoms with Crippen molar-refractivity contribution in [1.82, 2.24) is 19.9 Å². The van der Waals surface area contributed by atoms with Gasteiger partial charge in [0, 0.05) is 30.0 Å². The summed E-state index contributed by atoms with van der Waals surface area (Å²) in [6.07, 6.45) is 5.89. The largest absolute Gasteiger partial charge is 0.374 e. The summed E-state index contributed by atoms with van der Waals surface area (Å²) in [4.78, 5) is 41.6. The van der Waals surface area contributed by atoms with Gasteiger partial charge in [0.05, 0.1) is 5.39 Å². The predicted octanol–water partition coefficient (Wildman–Crippen LogP) is 3.35. The van der Waals surface area contributed by atoms with Crippen molar-refractivity contribution in [3.05, 3.63) is 47.6 Å². The first-order valence-electron chi connectivity index (χ1n) is 10.6. The van der Waals surface area contributed by atoms with E-state index in [1.165, 1.54) is 18.5 Å². The van der Waals surface area contributed by atoms with E-state index in [0.717, 1.165) is 18.2 Å². The molecule has 2 aliphatic heterocycles. The summed E-state index contributed by atoms with van der Waals surface area (Å²) in [5.41, 5.74) is 1.11. The Morgan fingerprint density at radius 2 is 1.94 bits per heavy atom. The quantitative estimate of drug-likeness (QED) is 0.628. The number of rotatable bonds is 4. The van der Waals surface area contributed by atoms with E-state index < -0.39 is 17.9 Å². The van der Waals surface area contributed by atoms with Crippen molar-refractivity contribution in [3.8, 4) is 0 Å². The highest BCUT2D eigenvalue weighted by Crippen LogP contribution is 2.30. The maximum atomic E-state index is 13.7. The van der Waals surface area contributed by atoms with Crippen LogP contribution in [0.15, 0.2) is 36.8 Å². The Labute approximate surface area is 188 Å². The van der Waals surface area contributed by atoms with Crippen molar-refractivity contribution < 1.29 is 14.0 Å². The Bertz CT molecular complexity index is 1160. The normalized spacial score (nSPS) is 21.9. The van der Waals surface area contributed by atoms with Gasteiger partial charge in [-0.05, 0) is 49.9 Å². The number of aromatic nitrogens is 3. The average Bonchev–Trinajstić information content (AvgIpc) is 3.24. The Morgan fingerprint density at radius 3 is 2.78 bits per heavy atom. The summed E-state index contributed by atoms with van der Waals surface area (Å²) >= 11 is 5.94. The summed E-state index contributed by atoms with van der Waals surface area (Å²) in [5.74, 6) is -0.217. The number of carbonyl (C=O) groups excluding carboxylic acids is 2. The molecular formula is C22H22ClFN6O2. The molecule has 2 fully saturated rings. The molecule has 2 unspecified atom stereocenters. The fourth-order valence-corrected chi connectivity index (χ4v) is 4.83. The molecule has 2 N–H and O–H groups in total. The lowest BCUT2D eigenvalue weighted by atomic mass is 9.97. The van der Waals surface area contributed by atoms with Crippen LogP contribution in [0.2, 0.25) is 5.02 Å². The molecule has 10 heteroatoms. The Balaban J connectivity index is 1.37. The van der Waals surface area contributed by atoms with Gasteiger partial charge in [-0.1, -0.05) is 11.6 Å². The minimum absolute atomic E-state index is 0.139. The third kappa shape index (κ3) is 3.77. The van der Waals surface area contributed by atoms with Crippen LogP contribution in [0.3, 0.4) is 0 Å². The molecule has 0 aliphatic carbocycles. The summed E-state index contributed by atoms with van der Waals surface area (Å²) in [5, 5.41) is 4.12. The number of anilines is 2. The molecule has 1 aromatic carbocycles. The van der Waals surface area contributed by atoms with E-state index in [-0.39, 0.29) is 16.8 Å². The number of carbonyl (C=O) groups is 2. The predicted molar refractivity (Wildman–Crippen MR) is 119 cm³/mol. The van der Waals surface area contributed by atoms with Crippen LogP contribution < -0.4 is 10.2 Å². The SMILES string of the molecule is O=C1C(N2CCCC(Nc3cc(F)cc(Cl)c3)C2=O)CCCN1c1ncnc2[nH]ccc12. The number of nitrogens with zero attached hydrogens (tertiary/aromatic N) is 4. The average molecular weight is 457 g/mol. The van der Waals surface area contributed by atoms with Crippen molar-refractivity contribution in [1.29, 1.82) is 0 Å². The number of H-pyrrole nitrogens is 1. The lowest BCUT2D eigenvalue weighted by Crippen LogP contribution is -2.59. The second-order valence-corrected chi connectivity index (χ2v) is 8.55. The van der Waals surface area contributed by atoms with Gasteiger partial charge in [0.2, 0.25) is 5.91 Å². The molecule has 0 saturated carbocycles. The van der Waals surface area contributed by atoms with Gasteiger partial charge in [0.15, 0.2) is 0 Å². The van der Waals surface area contributed by atoms with Gasteiger partial charge in [-0.15, -0.1) is 0 Å². The van der Waals surface area contributed by atoms with Crippen LogP contribution in [0.5, 0.6) is 0 Å². The molecule has 2 aliphatic rings. The Kier molecular flexibility index (Phi) is 5.42. The topological polar surface area (TPSA) is 94.2 Å². The lowest BCUT2D eigenvalue weighted by molar-refractivity contribution is -0.143. The highest BCUT2D eigenvalue weighted by atomic mass is 35.5. The van der Waals surface area contributed by atoms with Crippen LogP contribution in [0.25, 0.3) is 11.0 Å². The molecule has 0 bridgehead atoms. The van der Waals surface area contributed by atoms with Gasteiger partial charge in [0.1, 0.15) is 35.7 Å². The van der Waals surface area contributed by atoms with E-state index in [9.17, 15) is 14.0 Å². The van der Waals surface area contributed by atoms with Crippen molar-refractivity contribution >= 4 is 46.0 Å². The van der Waals surface area contributed by atoms with Gasteiger partial charge >= 0.3 is 0 Å². The van der Waals surface area contributed by atoms with Crippen LogP contribution >= 0.6 is 11.6 Å². The van der Waals surface area contributed by atoms with Crippen LogP contribution in [0.1, 0.15) is 25.7 Å². The number of likely N-dealkylation sites (tertiary alicyclic amines) is 1. The van der Waals surface area contributed by atoms with Crippen molar-refractivity contribution in [2.45, 2.75) is 37.8 Å². The fraction of sp³-hybridized carbons (Fsp3) is 0.364. The zero-order valence-corrected chi connectivity index (χ0v) is 18.0. The molecule has 4 heterocycles. The Morgan fingerprint density at radius 1 is 1.09 bits per heavy atom. The third-order valence-electron chi connectivity index (χ3n) is 6.05. The number of nitrogens with one attached hydrogen (secondary N) is 2. The van der Waals surface area contributed by atoms with E-state index >= 15 is 0 Å². The van der Waals surface area contributed by atoms with Gasteiger partial charge in [-0.3, -0.25) is 14.5 Å². The van der Waals surface area contributed by atoms with Crippen molar-refractivity contribution in [2.75, 3.05) is 23.3 Å². The number of benzene rings is 1. The van der Waals surface area contributed by atoms with Crippen LogP contribution in [-0.4, -0.2) is 56.8 Å². The maximum absolute atomic E-state index is 13.7. The molecule has 2 amide bonds. The zero-order chi connectivity index (χ0) is 22.2. The minimum Gasteiger partial charge on any atom is -0.374 e. The molecule has 166 valence electrons. The van der Waals surface area contributed by atoms with Crippen LogP contribution in [0, 0.1) is 5.82 Å². The molecule has 3 aromatic rings. The second kappa shape index (κ2) is 8.38. The molecular weight excluding hydrogens is 435 g/mol. The lowest BCUT2D eigenvalue weighted by Gasteiger charge is -2.41. The fourth-order valence-electron chi connectivity index (χ4n) is 4.61. The van der Waals surface area contributed by atoms with Gasteiger partial charge in [0.25, 0.3) is 5.91 Å². The minimum atomic E-state index is -0.555. The molecule has 8 nitrogen and oxygen atoms in total. The maximum Gasteiger partial charge on any atom is 0.250 e. The van der Waals surface area contributed by atoms with E-state index in [0.29, 0.717) is 43.1 Å². The van der Waals surface area contributed by atoms with Crippen molar-refractivity contribution in [2.24, 2.45) is 0 Å². The molecule has 0 radical (unpaired) electrons. The van der Waals surface area contributed by atoms with Crippen molar-refractivity contribution in [3.63, 3.8) is 0 Å².